The number of aliphatic hydroxyl groups excluding tert-OH is 2. The Morgan fingerprint density at radius 1 is 1.16 bits per heavy atom. The number of fused-ring (bicyclic) bond motifs is 1. The molecular formula is C24H33N7O5S. The maximum Gasteiger partial charge on any atom is 0.319 e. The number of hydrogen-bond acceptors (Lipinski definition) is 9. The molecule has 0 aliphatic carbocycles. The number of nitrogens with one attached hydrogen (secondary N) is 2. The second-order valence-electron chi connectivity index (χ2n) is 10.0. The molecule has 1 fully saturated rings. The van der Waals surface area contributed by atoms with Gasteiger partial charge in [-0.25, -0.2) is 19.7 Å². The van der Waals surface area contributed by atoms with Crippen LogP contribution in [0.1, 0.15) is 39.0 Å². The van der Waals surface area contributed by atoms with Crippen molar-refractivity contribution in [3.05, 3.63) is 42.5 Å². The van der Waals surface area contributed by atoms with Crippen molar-refractivity contribution in [2.24, 2.45) is 0 Å². The van der Waals surface area contributed by atoms with E-state index in [1.807, 2.05) is 24.3 Å². The number of amides is 2. The number of anilines is 2. The van der Waals surface area contributed by atoms with Gasteiger partial charge in [-0.05, 0) is 29.5 Å². The molecule has 1 aliphatic rings. The van der Waals surface area contributed by atoms with Crippen LogP contribution in [0.2, 0.25) is 0 Å². The minimum Gasteiger partial charge on any atom is -0.387 e. The first-order valence-electron chi connectivity index (χ1n) is 12.0. The molecule has 2 amide bonds. The molecule has 5 unspecified atom stereocenters. The number of aliphatic hydroxyl groups is 2. The summed E-state index contributed by atoms with van der Waals surface area (Å²) in [4.78, 5) is 24.3. The van der Waals surface area contributed by atoms with E-state index < -0.39 is 35.3 Å². The lowest BCUT2D eigenvalue weighted by Gasteiger charge is -2.19. The van der Waals surface area contributed by atoms with Crippen LogP contribution in [0.4, 0.5) is 16.3 Å². The summed E-state index contributed by atoms with van der Waals surface area (Å²) in [6.45, 7) is 6.71. The van der Waals surface area contributed by atoms with Crippen molar-refractivity contribution in [3.63, 3.8) is 0 Å². The maximum atomic E-state index is 12.6. The maximum absolute atomic E-state index is 12.6. The van der Waals surface area contributed by atoms with Crippen molar-refractivity contribution in [3.8, 4) is 0 Å². The van der Waals surface area contributed by atoms with E-state index in [1.54, 1.807) is 0 Å². The lowest BCUT2D eigenvalue weighted by molar-refractivity contribution is -0.0290. The third kappa shape index (κ3) is 6.24. The first-order valence-corrected chi connectivity index (χ1v) is 13.5. The summed E-state index contributed by atoms with van der Waals surface area (Å²) in [6.07, 6.45) is -1.15. The van der Waals surface area contributed by atoms with Gasteiger partial charge in [0, 0.05) is 28.8 Å². The van der Waals surface area contributed by atoms with Crippen LogP contribution < -0.4 is 16.4 Å². The van der Waals surface area contributed by atoms with Crippen molar-refractivity contribution in [2.45, 2.75) is 57.1 Å². The molecule has 13 heteroatoms. The second-order valence-corrected chi connectivity index (χ2v) is 11.6. The molecule has 5 atom stereocenters. The number of nitrogens with zero attached hydrogens (tertiary/aromatic N) is 4. The first kappa shape index (κ1) is 26.9. The molecule has 200 valence electrons. The zero-order valence-electron chi connectivity index (χ0n) is 21.0. The molecule has 2 aromatic heterocycles. The Morgan fingerprint density at radius 3 is 2.59 bits per heavy atom. The van der Waals surface area contributed by atoms with Crippen LogP contribution in [0.25, 0.3) is 11.2 Å². The quantitative estimate of drug-likeness (QED) is 0.268. The number of aromatic nitrogens is 4. The van der Waals surface area contributed by atoms with Crippen LogP contribution in [0.5, 0.6) is 0 Å². The van der Waals surface area contributed by atoms with E-state index in [4.69, 9.17) is 10.5 Å². The SMILES string of the molecule is CC(C)(C)c1ccc(NC(=O)NCCCS(=O)CC2OC(n3cnc4c(N)ncnc43)C(O)C2O)cc1. The molecule has 3 heterocycles. The van der Waals surface area contributed by atoms with Crippen LogP contribution in [0.3, 0.4) is 0 Å². The van der Waals surface area contributed by atoms with Gasteiger partial charge in [-0.1, -0.05) is 32.9 Å². The summed E-state index contributed by atoms with van der Waals surface area (Å²) >= 11 is 0. The number of nitrogen functional groups attached to an aromatic ring is 1. The zero-order valence-corrected chi connectivity index (χ0v) is 21.8. The highest BCUT2D eigenvalue weighted by atomic mass is 32.2. The fourth-order valence-corrected chi connectivity index (χ4v) is 5.36. The van der Waals surface area contributed by atoms with Crippen LogP contribution in [0, 0.1) is 0 Å². The number of rotatable bonds is 8. The van der Waals surface area contributed by atoms with Gasteiger partial charge in [0.25, 0.3) is 0 Å². The number of urea groups is 1. The normalized spacial score (nSPS) is 22.7. The lowest BCUT2D eigenvalue weighted by atomic mass is 9.87. The molecule has 0 radical (unpaired) electrons. The molecule has 4 rings (SSSR count). The van der Waals surface area contributed by atoms with Crippen molar-refractivity contribution in [1.82, 2.24) is 24.8 Å². The van der Waals surface area contributed by atoms with E-state index >= 15 is 0 Å². The second kappa shape index (κ2) is 11.1. The summed E-state index contributed by atoms with van der Waals surface area (Å²) in [5.41, 5.74) is 8.43. The predicted molar refractivity (Wildman–Crippen MR) is 140 cm³/mol. The zero-order chi connectivity index (χ0) is 26.7. The molecule has 6 N–H and O–H groups in total. The van der Waals surface area contributed by atoms with Gasteiger partial charge in [0.1, 0.15) is 30.2 Å². The fraction of sp³-hybridized carbons (Fsp3) is 0.500. The molecule has 1 aliphatic heterocycles. The average molecular weight is 532 g/mol. The van der Waals surface area contributed by atoms with Gasteiger partial charge in [0.05, 0.1) is 12.1 Å². The van der Waals surface area contributed by atoms with E-state index in [1.165, 1.54) is 22.8 Å². The molecule has 1 saturated heterocycles. The summed E-state index contributed by atoms with van der Waals surface area (Å²) in [5.74, 6) is 0.520. The monoisotopic (exact) mass is 531 g/mol. The molecule has 1 aromatic carbocycles. The molecule has 12 nitrogen and oxygen atoms in total. The summed E-state index contributed by atoms with van der Waals surface area (Å²) < 4.78 is 19.9. The Morgan fingerprint density at radius 2 is 1.89 bits per heavy atom. The number of benzene rings is 1. The number of carbonyl (C=O) groups excluding carboxylic acids is 1. The van der Waals surface area contributed by atoms with E-state index in [9.17, 15) is 19.2 Å². The van der Waals surface area contributed by atoms with Crippen molar-refractivity contribution in [1.29, 1.82) is 0 Å². The Hall–Kier alpha value is -3.13. The van der Waals surface area contributed by atoms with Crippen LogP contribution >= 0.6 is 0 Å². The van der Waals surface area contributed by atoms with Gasteiger partial charge in [-0.15, -0.1) is 0 Å². The van der Waals surface area contributed by atoms with E-state index in [0.29, 0.717) is 35.6 Å². The largest absolute Gasteiger partial charge is 0.387 e. The molecule has 37 heavy (non-hydrogen) atoms. The molecule has 0 saturated carbocycles. The Balaban J connectivity index is 1.22. The van der Waals surface area contributed by atoms with Crippen LogP contribution in [-0.4, -0.2) is 76.3 Å². The van der Waals surface area contributed by atoms with Gasteiger partial charge < -0.3 is 31.3 Å². The van der Waals surface area contributed by atoms with Crippen LogP contribution in [0.15, 0.2) is 36.9 Å². The van der Waals surface area contributed by atoms with Crippen molar-refractivity contribution in [2.75, 3.05) is 29.1 Å². The van der Waals surface area contributed by atoms with E-state index in [-0.39, 0.29) is 23.0 Å². The first-order chi connectivity index (χ1) is 17.5. The third-order valence-electron chi connectivity index (χ3n) is 6.19. The third-order valence-corrected chi connectivity index (χ3v) is 7.64. The summed E-state index contributed by atoms with van der Waals surface area (Å²) in [6, 6.07) is 7.35. The number of ether oxygens (including phenoxy) is 1. The highest BCUT2D eigenvalue weighted by Crippen LogP contribution is 2.32. The van der Waals surface area contributed by atoms with Crippen molar-refractivity contribution >= 4 is 39.5 Å². The number of carbonyl (C=O) groups is 1. The highest BCUT2D eigenvalue weighted by Gasteiger charge is 2.44. The molecule has 3 aromatic rings. The summed E-state index contributed by atoms with van der Waals surface area (Å²) in [5, 5.41) is 26.6. The van der Waals surface area contributed by atoms with Crippen molar-refractivity contribution < 1.29 is 24.0 Å². The number of hydrogen-bond donors (Lipinski definition) is 5. The lowest BCUT2D eigenvalue weighted by Crippen LogP contribution is -2.35. The van der Waals surface area contributed by atoms with Gasteiger partial charge in [0.2, 0.25) is 0 Å². The highest BCUT2D eigenvalue weighted by molar-refractivity contribution is 7.85. The molecule has 0 spiro atoms. The Labute approximate surface area is 217 Å². The molecular weight excluding hydrogens is 498 g/mol. The van der Waals surface area contributed by atoms with Gasteiger partial charge in [-0.2, -0.15) is 0 Å². The Bertz CT molecular complexity index is 1260. The smallest absolute Gasteiger partial charge is 0.319 e. The van der Waals surface area contributed by atoms with E-state index in [2.05, 4.69) is 46.4 Å². The number of nitrogens with two attached hydrogens (primary N) is 1. The summed E-state index contributed by atoms with van der Waals surface area (Å²) in [7, 11) is -1.34. The molecule has 0 bridgehead atoms. The van der Waals surface area contributed by atoms with Gasteiger partial charge in [-0.3, -0.25) is 8.78 Å². The minimum atomic E-state index is -1.34. The van der Waals surface area contributed by atoms with E-state index in [0.717, 1.165) is 0 Å². The van der Waals surface area contributed by atoms with Gasteiger partial charge in [0.15, 0.2) is 17.7 Å². The predicted octanol–water partition coefficient (Wildman–Crippen LogP) is 1.29. The standard InChI is InChI=1S/C24H33N7O5S/c1-24(2,3)14-5-7-15(8-6-14)30-23(34)26-9-4-10-37(35)11-16-18(32)19(33)22(36-16)31-13-29-17-20(25)27-12-28-21(17)31/h5-8,12-13,16,18-19,22,32-33H,4,9-11H2,1-3H3,(H2,25,27,28)(H2,26,30,34). The Kier molecular flexibility index (Phi) is 8.07. The average Bonchev–Trinajstić information content (AvgIpc) is 3.39. The topological polar surface area (TPSA) is 178 Å². The van der Waals surface area contributed by atoms with Crippen LogP contribution in [-0.2, 0) is 21.0 Å². The van der Waals surface area contributed by atoms with Gasteiger partial charge >= 0.3 is 6.03 Å². The fourth-order valence-electron chi connectivity index (χ4n) is 4.08. The minimum absolute atomic E-state index is 0.0325. The number of imidazole rings is 1.